The SMILES string of the molecule is COC(=O)CN(C)C(=O)c1cscn1. The molecule has 0 fully saturated rings. The molecule has 1 heterocycles. The molecule has 6 heteroatoms. The van der Waals surface area contributed by atoms with Gasteiger partial charge in [0.1, 0.15) is 12.2 Å². The lowest BCUT2D eigenvalue weighted by molar-refractivity contribution is -0.141. The van der Waals surface area contributed by atoms with Crippen molar-refractivity contribution in [3.8, 4) is 0 Å². The van der Waals surface area contributed by atoms with Gasteiger partial charge in [-0.25, -0.2) is 4.98 Å². The summed E-state index contributed by atoms with van der Waals surface area (Å²) >= 11 is 1.34. The first-order valence-corrected chi connectivity index (χ1v) is 4.80. The van der Waals surface area contributed by atoms with Crippen LogP contribution in [-0.4, -0.2) is 42.5 Å². The van der Waals surface area contributed by atoms with Crippen LogP contribution in [0.3, 0.4) is 0 Å². The van der Waals surface area contributed by atoms with Crippen LogP contribution < -0.4 is 0 Å². The van der Waals surface area contributed by atoms with Crippen LogP contribution in [0.4, 0.5) is 0 Å². The summed E-state index contributed by atoms with van der Waals surface area (Å²) in [6, 6.07) is 0. The van der Waals surface area contributed by atoms with Crippen LogP contribution in [0, 0.1) is 0 Å². The summed E-state index contributed by atoms with van der Waals surface area (Å²) in [5.74, 6) is -0.729. The number of thiazole rings is 1. The van der Waals surface area contributed by atoms with Crippen molar-refractivity contribution in [1.29, 1.82) is 0 Å². The second-order valence-corrected chi connectivity index (χ2v) is 3.33. The molecule has 0 N–H and O–H groups in total. The average Bonchev–Trinajstić information content (AvgIpc) is 2.69. The summed E-state index contributed by atoms with van der Waals surface area (Å²) in [6.45, 7) is -0.0626. The van der Waals surface area contributed by atoms with E-state index in [9.17, 15) is 9.59 Å². The Hall–Kier alpha value is -1.43. The van der Waals surface area contributed by atoms with Crippen molar-refractivity contribution in [2.24, 2.45) is 0 Å². The summed E-state index contributed by atoms with van der Waals surface area (Å²) < 4.78 is 4.44. The molecular weight excluding hydrogens is 204 g/mol. The number of rotatable bonds is 3. The smallest absolute Gasteiger partial charge is 0.325 e. The van der Waals surface area contributed by atoms with Crippen LogP contribution in [-0.2, 0) is 9.53 Å². The van der Waals surface area contributed by atoms with E-state index in [0.717, 1.165) is 0 Å². The number of carbonyl (C=O) groups is 2. The van der Waals surface area contributed by atoms with E-state index in [2.05, 4.69) is 9.72 Å². The third-order valence-corrected chi connectivity index (χ3v) is 2.18. The van der Waals surface area contributed by atoms with Gasteiger partial charge in [-0.15, -0.1) is 11.3 Å². The van der Waals surface area contributed by atoms with Gasteiger partial charge >= 0.3 is 5.97 Å². The van der Waals surface area contributed by atoms with E-state index in [1.54, 1.807) is 10.9 Å². The lowest BCUT2D eigenvalue weighted by atomic mass is 10.4. The molecule has 0 aromatic carbocycles. The fourth-order valence-corrected chi connectivity index (χ4v) is 1.37. The summed E-state index contributed by atoms with van der Waals surface area (Å²) in [5.41, 5.74) is 1.92. The van der Waals surface area contributed by atoms with Crippen molar-refractivity contribution in [3.05, 3.63) is 16.6 Å². The Labute approximate surface area is 85.3 Å². The quantitative estimate of drug-likeness (QED) is 0.683. The van der Waals surface area contributed by atoms with Gasteiger partial charge in [-0.1, -0.05) is 0 Å². The lowest BCUT2D eigenvalue weighted by Crippen LogP contribution is -2.32. The number of aromatic nitrogens is 1. The third-order valence-electron chi connectivity index (χ3n) is 1.59. The summed E-state index contributed by atoms with van der Waals surface area (Å²) in [6.07, 6.45) is 0. The number of likely N-dealkylation sites (N-methyl/N-ethyl adjacent to an activating group) is 1. The number of hydrogen-bond acceptors (Lipinski definition) is 5. The van der Waals surface area contributed by atoms with Gasteiger partial charge in [0.15, 0.2) is 0 Å². The monoisotopic (exact) mass is 214 g/mol. The van der Waals surface area contributed by atoms with Crippen LogP contribution in [0.25, 0.3) is 0 Å². The molecule has 0 aliphatic heterocycles. The highest BCUT2D eigenvalue weighted by Gasteiger charge is 2.16. The normalized spacial score (nSPS) is 9.57. The average molecular weight is 214 g/mol. The molecule has 0 bridgehead atoms. The van der Waals surface area contributed by atoms with Crippen LogP contribution >= 0.6 is 11.3 Å². The first-order valence-electron chi connectivity index (χ1n) is 3.85. The molecule has 1 rings (SSSR count). The zero-order chi connectivity index (χ0) is 10.6. The van der Waals surface area contributed by atoms with Gasteiger partial charge < -0.3 is 9.64 Å². The minimum absolute atomic E-state index is 0.0626. The first kappa shape index (κ1) is 10.6. The number of hydrogen-bond donors (Lipinski definition) is 0. The second kappa shape index (κ2) is 4.71. The highest BCUT2D eigenvalue weighted by Crippen LogP contribution is 2.04. The Morgan fingerprint density at radius 2 is 2.36 bits per heavy atom. The largest absolute Gasteiger partial charge is 0.468 e. The third kappa shape index (κ3) is 2.53. The first-order chi connectivity index (χ1) is 6.65. The Balaban J connectivity index is 2.58. The van der Waals surface area contributed by atoms with Crippen LogP contribution in [0.5, 0.6) is 0 Å². The van der Waals surface area contributed by atoms with E-state index in [0.29, 0.717) is 5.69 Å². The highest BCUT2D eigenvalue weighted by atomic mass is 32.1. The molecule has 0 aliphatic carbocycles. The fourth-order valence-electron chi connectivity index (χ4n) is 0.844. The molecular formula is C8H10N2O3S. The van der Waals surface area contributed by atoms with E-state index in [1.807, 2.05) is 0 Å². The van der Waals surface area contributed by atoms with Gasteiger partial charge in [-0.05, 0) is 0 Å². The zero-order valence-corrected chi connectivity index (χ0v) is 8.71. The van der Waals surface area contributed by atoms with Crippen molar-refractivity contribution < 1.29 is 14.3 Å². The molecule has 0 saturated heterocycles. The predicted molar refractivity (Wildman–Crippen MR) is 51.1 cm³/mol. The number of amides is 1. The van der Waals surface area contributed by atoms with Gasteiger partial charge in [0.25, 0.3) is 5.91 Å². The van der Waals surface area contributed by atoms with Crippen molar-refractivity contribution in [3.63, 3.8) is 0 Å². The van der Waals surface area contributed by atoms with Gasteiger partial charge in [-0.2, -0.15) is 0 Å². The minimum Gasteiger partial charge on any atom is -0.468 e. The number of nitrogens with zero attached hydrogens (tertiary/aromatic N) is 2. The standard InChI is InChI=1S/C8H10N2O3S/c1-10(3-7(11)13-2)8(12)6-4-14-5-9-6/h4-5H,3H2,1-2H3. The molecule has 0 unspecified atom stereocenters. The Bertz CT molecular complexity index is 323. The maximum atomic E-state index is 11.5. The van der Waals surface area contributed by atoms with E-state index < -0.39 is 5.97 Å². The molecule has 0 spiro atoms. The van der Waals surface area contributed by atoms with Gasteiger partial charge in [0.05, 0.1) is 12.6 Å². The molecule has 5 nitrogen and oxygen atoms in total. The molecule has 1 aromatic rings. The molecule has 76 valence electrons. The molecule has 14 heavy (non-hydrogen) atoms. The van der Waals surface area contributed by atoms with Gasteiger partial charge in [0, 0.05) is 12.4 Å². The van der Waals surface area contributed by atoms with E-state index >= 15 is 0 Å². The maximum Gasteiger partial charge on any atom is 0.325 e. The van der Waals surface area contributed by atoms with Crippen LogP contribution in [0.15, 0.2) is 10.9 Å². The van der Waals surface area contributed by atoms with Crippen molar-refractivity contribution in [2.45, 2.75) is 0 Å². The summed E-state index contributed by atoms with van der Waals surface area (Å²) in [5, 5.41) is 1.64. The molecule has 1 amide bonds. The lowest BCUT2D eigenvalue weighted by Gasteiger charge is -2.13. The number of carbonyl (C=O) groups excluding carboxylic acids is 2. The van der Waals surface area contributed by atoms with Crippen LogP contribution in [0.1, 0.15) is 10.5 Å². The minimum atomic E-state index is -0.448. The maximum absolute atomic E-state index is 11.5. The van der Waals surface area contributed by atoms with Crippen molar-refractivity contribution in [1.82, 2.24) is 9.88 Å². The molecule has 0 aliphatic rings. The topological polar surface area (TPSA) is 59.5 Å². The summed E-state index contributed by atoms with van der Waals surface area (Å²) in [7, 11) is 2.81. The van der Waals surface area contributed by atoms with Crippen LogP contribution in [0.2, 0.25) is 0 Å². The van der Waals surface area contributed by atoms with Crippen molar-refractivity contribution in [2.75, 3.05) is 20.7 Å². The fraction of sp³-hybridized carbons (Fsp3) is 0.375. The van der Waals surface area contributed by atoms with E-state index in [4.69, 9.17) is 0 Å². The van der Waals surface area contributed by atoms with Gasteiger partial charge in [-0.3, -0.25) is 9.59 Å². The Kier molecular flexibility index (Phi) is 3.58. The second-order valence-electron chi connectivity index (χ2n) is 2.61. The van der Waals surface area contributed by atoms with E-state index in [-0.39, 0.29) is 12.5 Å². The highest BCUT2D eigenvalue weighted by molar-refractivity contribution is 7.07. The number of methoxy groups -OCH3 is 1. The Morgan fingerprint density at radius 3 is 2.86 bits per heavy atom. The summed E-state index contributed by atoms with van der Waals surface area (Å²) in [4.78, 5) is 27.5. The molecule has 0 saturated carbocycles. The molecule has 0 radical (unpaired) electrons. The Morgan fingerprint density at radius 1 is 1.64 bits per heavy atom. The number of ether oxygens (including phenoxy) is 1. The predicted octanol–water partition coefficient (Wildman–Crippen LogP) is 0.388. The van der Waals surface area contributed by atoms with Crippen molar-refractivity contribution >= 4 is 23.2 Å². The number of esters is 1. The zero-order valence-electron chi connectivity index (χ0n) is 7.89. The van der Waals surface area contributed by atoms with Gasteiger partial charge in [0.2, 0.25) is 0 Å². The molecule has 1 aromatic heterocycles. The molecule has 0 atom stereocenters. The van der Waals surface area contributed by atoms with E-state index in [1.165, 1.54) is 30.4 Å².